The van der Waals surface area contributed by atoms with Crippen molar-refractivity contribution < 1.29 is 4.84 Å². The fourth-order valence-corrected chi connectivity index (χ4v) is 2.82. The first-order chi connectivity index (χ1) is 9.81. The van der Waals surface area contributed by atoms with Gasteiger partial charge in [0.1, 0.15) is 12.0 Å². The first-order valence-corrected chi connectivity index (χ1v) is 6.70. The third-order valence-electron chi connectivity index (χ3n) is 3.76. The van der Waals surface area contributed by atoms with Gasteiger partial charge in [0, 0.05) is 7.05 Å². The van der Waals surface area contributed by atoms with E-state index in [4.69, 9.17) is 4.84 Å². The highest BCUT2D eigenvalue weighted by Gasteiger charge is 2.43. The molecule has 0 aromatic heterocycles. The number of benzene rings is 2. The van der Waals surface area contributed by atoms with E-state index in [0.717, 1.165) is 11.1 Å². The van der Waals surface area contributed by atoms with E-state index in [-0.39, 0.29) is 18.1 Å². The smallest absolute Gasteiger partial charge is 0.122 e. The van der Waals surface area contributed by atoms with Gasteiger partial charge >= 0.3 is 0 Å². The van der Waals surface area contributed by atoms with Gasteiger partial charge in [-0.25, -0.2) is 0 Å². The first kappa shape index (κ1) is 12.9. The Morgan fingerprint density at radius 2 is 1.50 bits per heavy atom. The lowest BCUT2D eigenvalue weighted by atomic mass is 9.88. The predicted molar refractivity (Wildman–Crippen MR) is 76.3 cm³/mol. The summed E-state index contributed by atoms with van der Waals surface area (Å²) in [6.07, 6.45) is -0.212. The minimum atomic E-state index is -0.218. The molecule has 1 aliphatic heterocycles. The number of hydroxylamine groups is 2. The molecule has 100 valence electrons. The summed E-state index contributed by atoms with van der Waals surface area (Å²) in [4.78, 5) is 5.93. The second-order valence-corrected chi connectivity index (χ2v) is 4.99. The van der Waals surface area contributed by atoms with Crippen LogP contribution in [-0.4, -0.2) is 12.1 Å². The summed E-state index contributed by atoms with van der Waals surface area (Å²) in [5, 5.41) is 11.4. The van der Waals surface area contributed by atoms with Crippen molar-refractivity contribution in [1.29, 1.82) is 5.26 Å². The van der Waals surface area contributed by atoms with Crippen molar-refractivity contribution >= 4 is 0 Å². The Hall–Kier alpha value is -2.15. The Balaban J connectivity index is 1.96. The maximum atomic E-state index is 9.59. The van der Waals surface area contributed by atoms with Crippen molar-refractivity contribution in [2.45, 2.75) is 12.1 Å². The Kier molecular flexibility index (Phi) is 3.51. The van der Waals surface area contributed by atoms with Crippen molar-refractivity contribution in [3.63, 3.8) is 0 Å². The molecule has 2 aromatic rings. The molecule has 1 saturated heterocycles. The molecular weight excluding hydrogens is 248 g/mol. The van der Waals surface area contributed by atoms with Crippen molar-refractivity contribution in [2.75, 3.05) is 7.05 Å². The molecule has 3 atom stereocenters. The van der Waals surface area contributed by atoms with Crippen LogP contribution in [0.15, 0.2) is 60.7 Å². The Labute approximate surface area is 119 Å². The Bertz CT molecular complexity index is 606. The minimum absolute atomic E-state index is 0.0357. The van der Waals surface area contributed by atoms with Crippen LogP contribution in [0.5, 0.6) is 0 Å². The molecule has 1 heterocycles. The number of nitriles is 1. The summed E-state index contributed by atoms with van der Waals surface area (Å²) >= 11 is 0. The van der Waals surface area contributed by atoms with Gasteiger partial charge in [0.2, 0.25) is 0 Å². The van der Waals surface area contributed by atoms with E-state index in [0.29, 0.717) is 0 Å². The SMILES string of the molecule is CN1O[C@H](c2ccccc2)[C@@H](C#N)[C@@H]1c1ccccc1. The molecule has 0 N–H and O–H groups in total. The highest BCUT2D eigenvalue weighted by atomic mass is 16.7. The minimum Gasteiger partial charge on any atom is -0.289 e. The van der Waals surface area contributed by atoms with E-state index < -0.39 is 0 Å². The van der Waals surface area contributed by atoms with Crippen LogP contribution in [0.1, 0.15) is 23.3 Å². The summed E-state index contributed by atoms with van der Waals surface area (Å²) in [6, 6.07) is 22.4. The van der Waals surface area contributed by atoms with Gasteiger partial charge in [-0.05, 0) is 11.1 Å². The molecule has 3 nitrogen and oxygen atoms in total. The average Bonchev–Trinajstić information content (AvgIpc) is 2.85. The second kappa shape index (κ2) is 5.46. The average molecular weight is 264 g/mol. The molecule has 0 unspecified atom stereocenters. The Morgan fingerprint density at radius 1 is 0.950 bits per heavy atom. The maximum Gasteiger partial charge on any atom is 0.122 e. The van der Waals surface area contributed by atoms with Crippen molar-refractivity contribution in [3.8, 4) is 6.07 Å². The summed E-state index contributed by atoms with van der Waals surface area (Å²) in [6.45, 7) is 0. The van der Waals surface area contributed by atoms with E-state index >= 15 is 0 Å². The summed E-state index contributed by atoms with van der Waals surface area (Å²) in [5.41, 5.74) is 2.16. The lowest BCUT2D eigenvalue weighted by molar-refractivity contribution is -0.146. The quantitative estimate of drug-likeness (QED) is 0.833. The molecule has 1 aliphatic rings. The van der Waals surface area contributed by atoms with E-state index in [1.807, 2.05) is 67.7 Å². The van der Waals surface area contributed by atoms with Gasteiger partial charge in [0.25, 0.3) is 0 Å². The lowest BCUT2D eigenvalue weighted by Gasteiger charge is -2.19. The molecule has 0 spiro atoms. The zero-order chi connectivity index (χ0) is 13.9. The summed E-state index contributed by atoms with van der Waals surface area (Å²) in [7, 11) is 1.89. The number of hydrogen-bond acceptors (Lipinski definition) is 3. The number of rotatable bonds is 2. The first-order valence-electron chi connectivity index (χ1n) is 6.70. The van der Waals surface area contributed by atoms with Crippen LogP contribution in [0.4, 0.5) is 0 Å². The molecule has 2 aromatic carbocycles. The van der Waals surface area contributed by atoms with Crippen LogP contribution < -0.4 is 0 Å². The van der Waals surface area contributed by atoms with Crippen LogP contribution in [0.3, 0.4) is 0 Å². The highest BCUT2D eigenvalue weighted by Crippen LogP contribution is 2.45. The molecule has 3 heteroatoms. The van der Waals surface area contributed by atoms with Crippen molar-refractivity contribution in [1.82, 2.24) is 5.06 Å². The molecule has 20 heavy (non-hydrogen) atoms. The molecule has 0 bridgehead atoms. The van der Waals surface area contributed by atoms with Crippen LogP contribution in [-0.2, 0) is 4.84 Å². The standard InChI is InChI=1S/C17H16N2O/c1-19-16(13-8-4-2-5-9-13)15(12-18)17(20-19)14-10-6-3-7-11-14/h2-11,15-17H,1H3/t15-,16-,17+/m0/s1. The molecule has 0 radical (unpaired) electrons. The summed E-state index contributed by atoms with van der Waals surface area (Å²) < 4.78 is 0. The molecule has 0 aliphatic carbocycles. The molecule has 0 amide bonds. The van der Waals surface area contributed by atoms with E-state index in [2.05, 4.69) is 6.07 Å². The molecular formula is C17H16N2O. The van der Waals surface area contributed by atoms with Gasteiger partial charge in [-0.15, -0.1) is 0 Å². The monoisotopic (exact) mass is 264 g/mol. The summed E-state index contributed by atoms with van der Waals surface area (Å²) in [5.74, 6) is -0.218. The highest BCUT2D eigenvalue weighted by molar-refractivity contribution is 5.27. The zero-order valence-corrected chi connectivity index (χ0v) is 11.3. The zero-order valence-electron chi connectivity index (χ0n) is 11.3. The largest absolute Gasteiger partial charge is 0.289 e. The molecule has 3 rings (SSSR count). The van der Waals surface area contributed by atoms with E-state index in [1.165, 1.54) is 0 Å². The van der Waals surface area contributed by atoms with Crippen LogP contribution in [0.2, 0.25) is 0 Å². The van der Waals surface area contributed by atoms with Gasteiger partial charge in [-0.2, -0.15) is 10.3 Å². The molecule has 1 fully saturated rings. The predicted octanol–water partition coefficient (Wildman–Crippen LogP) is 3.49. The van der Waals surface area contributed by atoms with Crippen molar-refractivity contribution in [2.24, 2.45) is 5.92 Å². The topological polar surface area (TPSA) is 36.3 Å². The second-order valence-electron chi connectivity index (χ2n) is 4.99. The third kappa shape index (κ3) is 2.20. The third-order valence-corrected chi connectivity index (χ3v) is 3.76. The fourth-order valence-electron chi connectivity index (χ4n) is 2.82. The number of nitrogens with zero attached hydrogens (tertiary/aromatic N) is 2. The van der Waals surface area contributed by atoms with Gasteiger partial charge in [-0.3, -0.25) is 4.84 Å². The van der Waals surface area contributed by atoms with E-state index in [9.17, 15) is 5.26 Å². The molecule has 0 saturated carbocycles. The van der Waals surface area contributed by atoms with Crippen LogP contribution in [0, 0.1) is 17.2 Å². The Morgan fingerprint density at radius 3 is 2.05 bits per heavy atom. The van der Waals surface area contributed by atoms with Crippen molar-refractivity contribution in [3.05, 3.63) is 71.8 Å². The fraction of sp³-hybridized carbons (Fsp3) is 0.235. The van der Waals surface area contributed by atoms with Crippen LogP contribution in [0.25, 0.3) is 0 Å². The van der Waals surface area contributed by atoms with E-state index in [1.54, 1.807) is 5.06 Å². The van der Waals surface area contributed by atoms with Gasteiger partial charge in [-0.1, -0.05) is 60.7 Å². The van der Waals surface area contributed by atoms with Gasteiger partial charge in [0.05, 0.1) is 12.1 Å². The van der Waals surface area contributed by atoms with Crippen LogP contribution >= 0.6 is 0 Å². The number of hydrogen-bond donors (Lipinski definition) is 0. The van der Waals surface area contributed by atoms with Gasteiger partial charge < -0.3 is 0 Å². The van der Waals surface area contributed by atoms with Gasteiger partial charge in [0.15, 0.2) is 0 Å². The maximum absolute atomic E-state index is 9.59. The lowest BCUT2D eigenvalue weighted by Crippen LogP contribution is -2.19. The normalized spacial score (nSPS) is 26.3.